The highest BCUT2D eigenvalue weighted by Gasteiger charge is 2.05. The zero-order chi connectivity index (χ0) is 12.7. The molecule has 1 N–H and O–H groups in total. The molecule has 0 aliphatic carbocycles. The Morgan fingerprint density at radius 1 is 1.35 bits per heavy atom. The van der Waals surface area contributed by atoms with E-state index in [1.165, 1.54) is 0 Å². The minimum Gasteiger partial charge on any atom is -0.464 e. The maximum atomic E-state index is 11.2. The second-order valence-corrected chi connectivity index (χ2v) is 3.93. The van der Waals surface area contributed by atoms with Gasteiger partial charge in [-0.05, 0) is 19.1 Å². The first-order valence-electron chi connectivity index (χ1n) is 5.55. The third kappa shape index (κ3) is 5.15. The smallest absolute Gasteiger partial charge is 0.311 e. The van der Waals surface area contributed by atoms with Gasteiger partial charge in [-0.25, -0.2) is 0 Å². The van der Waals surface area contributed by atoms with Gasteiger partial charge in [0.1, 0.15) is 6.61 Å². The Kier molecular flexibility index (Phi) is 5.20. The monoisotopic (exact) mass is 234 g/mol. The first kappa shape index (κ1) is 13.2. The molecule has 0 aliphatic rings. The highest BCUT2D eigenvalue weighted by atomic mass is 16.5. The molecule has 0 radical (unpaired) electrons. The van der Waals surface area contributed by atoms with Gasteiger partial charge in [-0.3, -0.25) is 4.79 Å². The Morgan fingerprint density at radius 2 is 2.00 bits per heavy atom. The second kappa shape index (κ2) is 6.68. The number of carbonyl (C=O) groups excluding carboxylic acids is 1. The molecule has 92 valence electrons. The summed E-state index contributed by atoms with van der Waals surface area (Å²) in [6.45, 7) is 2.58. The Balaban J connectivity index is 2.27. The minimum atomic E-state index is -0.334. The van der Waals surface area contributed by atoms with Crippen molar-refractivity contribution in [1.82, 2.24) is 0 Å². The van der Waals surface area contributed by atoms with Crippen LogP contribution in [0.3, 0.4) is 0 Å². The van der Waals surface area contributed by atoms with E-state index in [4.69, 9.17) is 10.1 Å². The predicted octanol–water partition coefficient (Wildman–Crippen LogP) is 2.10. The lowest BCUT2D eigenvalue weighted by molar-refractivity contribution is -0.141. The van der Waals surface area contributed by atoms with Crippen LogP contribution in [0.15, 0.2) is 30.3 Å². The van der Waals surface area contributed by atoms with Crippen LogP contribution in [0, 0.1) is 5.41 Å². The first-order valence-corrected chi connectivity index (χ1v) is 5.55. The summed E-state index contributed by atoms with van der Waals surface area (Å²) in [5.74, 6) is -0.334. The summed E-state index contributed by atoms with van der Waals surface area (Å²) in [6, 6.07) is 9.91. The summed E-state index contributed by atoms with van der Waals surface area (Å²) in [6.07, 6.45) is 0.0784. The van der Waals surface area contributed by atoms with Gasteiger partial charge in [0.15, 0.2) is 0 Å². The van der Waals surface area contributed by atoms with Gasteiger partial charge < -0.3 is 15.0 Å². The number of para-hydroxylation sites is 1. The van der Waals surface area contributed by atoms with Gasteiger partial charge in [0.05, 0.1) is 13.0 Å². The highest BCUT2D eigenvalue weighted by molar-refractivity contribution is 5.95. The average Bonchev–Trinajstić information content (AvgIpc) is 2.29. The topological polar surface area (TPSA) is 53.4 Å². The number of carbonyl (C=O) groups is 1. The molecule has 17 heavy (non-hydrogen) atoms. The number of benzene rings is 1. The number of hydrogen-bond acceptors (Lipinski definition) is 4. The van der Waals surface area contributed by atoms with Crippen molar-refractivity contribution >= 4 is 17.4 Å². The number of esters is 1. The van der Waals surface area contributed by atoms with E-state index in [1.807, 2.05) is 42.3 Å². The molecule has 0 saturated heterocycles. The van der Waals surface area contributed by atoms with Crippen molar-refractivity contribution in [2.75, 3.05) is 25.1 Å². The van der Waals surface area contributed by atoms with E-state index in [-0.39, 0.29) is 12.4 Å². The molecule has 0 aliphatic heterocycles. The van der Waals surface area contributed by atoms with Crippen molar-refractivity contribution in [3.05, 3.63) is 30.3 Å². The van der Waals surface area contributed by atoms with E-state index in [0.717, 1.165) is 5.69 Å². The van der Waals surface area contributed by atoms with E-state index in [0.29, 0.717) is 18.9 Å². The summed E-state index contributed by atoms with van der Waals surface area (Å²) < 4.78 is 5.02. The third-order valence-electron chi connectivity index (χ3n) is 2.30. The van der Waals surface area contributed by atoms with Crippen molar-refractivity contribution in [2.45, 2.75) is 13.3 Å². The van der Waals surface area contributed by atoms with Crippen LogP contribution in [0.1, 0.15) is 13.3 Å². The van der Waals surface area contributed by atoms with Crippen LogP contribution < -0.4 is 4.90 Å². The molecule has 0 unspecified atom stereocenters. The maximum Gasteiger partial charge on any atom is 0.311 e. The largest absolute Gasteiger partial charge is 0.464 e. The quantitative estimate of drug-likeness (QED) is 0.605. The van der Waals surface area contributed by atoms with Gasteiger partial charge in [0.25, 0.3) is 0 Å². The van der Waals surface area contributed by atoms with Gasteiger partial charge >= 0.3 is 5.97 Å². The molecule has 0 bridgehead atoms. The zero-order valence-corrected chi connectivity index (χ0v) is 10.3. The third-order valence-corrected chi connectivity index (χ3v) is 2.30. The van der Waals surface area contributed by atoms with Crippen LogP contribution >= 0.6 is 0 Å². The highest BCUT2D eigenvalue weighted by Crippen LogP contribution is 2.10. The number of hydrogen-bond donors (Lipinski definition) is 1. The lowest BCUT2D eigenvalue weighted by atomic mass is 10.3. The zero-order valence-electron chi connectivity index (χ0n) is 10.3. The molecule has 0 amide bonds. The normalized spacial score (nSPS) is 9.76. The molecule has 0 saturated carbocycles. The fourth-order valence-electron chi connectivity index (χ4n) is 1.38. The lowest BCUT2D eigenvalue weighted by Gasteiger charge is -2.18. The first-order chi connectivity index (χ1) is 8.09. The van der Waals surface area contributed by atoms with Gasteiger partial charge in [0.2, 0.25) is 0 Å². The van der Waals surface area contributed by atoms with Crippen molar-refractivity contribution < 1.29 is 9.53 Å². The number of anilines is 1. The second-order valence-electron chi connectivity index (χ2n) is 3.93. The Bertz CT molecular complexity index is 376. The predicted molar refractivity (Wildman–Crippen MR) is 68.7 cm³/mol. The van der Waals surface area contributed by atoms with E-state index >= 15 is 0 Å². The van der Waals surface area contributed by atoms with Crippen LogP contribution in [-0.4, -0.2) is 31.9 Å². The number of ether oxygens (including phenoxy) is 1. The van der Waals surface area contributed by atoms with Crippen LogP contribution in [0.25, 0.3) is 0 Å². The van der Waals surface area contributed by atoms with Crippen molar-refractivity contribution in [1.29, 1.82) is 5.41 Å². The molecule has 0 fully saturated rings. The van der Waals surface area contributed by atoms with E-state index in [9.17, 15) is 4.79 Å². The van der Waals surface area contributed by atoms with Crippen LogP contribution in [0.4, 0.5) is 5.69 Å². The maximum absolute atomic E-state index is 11.2. The van der Waals surface area contributed by atoms with Gasteiger partial charge in [-0.2, -0.15) is 0 Å². The fraction of sp³-hybridized carbons (Fsp3) is 0.385. The summed E-state index contributed by atoms with van der Waals surface area (Å²) in [5, 5.41) is 7.17. The average molecular weight is 234 g/mol. The van der Waals surface area contributed by atoms with Crippen molar-refractivity contribution in [3.8, 4) is 0 Å². The molecule has 4 heteroatoms. The SMILES string of the molecule is CC(=N)CC(=O)OCCN(C)c1ccccc1. The standard InChI is InChI=1S/C13H18N2O2/c1-11(14)10-13(16)17-9-8-15(2)12-6-4-3-5-7-12/h3-7,14H,8-10H2,1-2H3. The fourth-order valence-corrected chi connectivity index (χ4v) is 1.38. The molecule has 0 spiro atoms. The van der Waals surface area contributed by atoms with Crippen molar-refractivity contribution in [3.63, 3.8) is 0 Å². The van der Waals surface area contributed by atoms with Gasteiger partial charge in [-0.1, -0.05) is 18.2 Å². The van der Waals surface area contributed by atoms with Crippen LogP contribution in [-0.2, 0) is 9.53 Å². The van der Waals surface area contributed by atoms with E-state index in [1.54, 1.807) is 6.92 Å². The summed E-state index contributed by atoms with van der Waals surface area (Å²) in [5.41, 5.74) is 1.41. The molecule has 4 nitrogen and oxygen atoms in total. The Labute approximate surface area is 102 Å². The minimum absolute atomic E-state index is 0.0784. The summed E-state index contributed by atoms with van der Waals surface area (Å²) >= 11 is 0. The summed E-state index contributed by atoms with van der Waals surface area (Å²) in [7, 11) is 1.95. The van der Waals surface area contributed by atoms with Crippen LogP contribution in [0.5, 0.6) is 0 Å². The Morgan fingerprint density at radius 3 is 2.59 bits per heavy atom. The van der Waals surface area contributed by atoms with Gasteiger partial charge in [-0.15, -0.1) is 0 Å². The van der Waals surface area contributed by atoms with E-state index < -0.39 is 0 Å². The number of nitrogens with zero attached hydrogens (tertiary/aromatic N) is 1. The molecule has 0 heterocycles. The molecule has 1 rings (SSSR count). The van der Waals surface area contributed by atoms with Gasteiger partial charge in [0, 0.05) is 18.4 Å². The molecular formula is C13H18N2O2. The van der Waals surface area contributed by atoms with E-state index in [2.05, 4.69) is 0 Å². The van der Waals surface area contributed by atoms with Crippen molar-refractivity contribution in [2.24, 2.45) is 0 Å². The molecule has 1 aromatic carbocycles. The molecule has 0 atom stereocenters. The molecule has 1 aromatic rings. The number of nitrogens with one attached hydrogen (secondary N) is 1. The number of rotatable bonds is 6. The molecule has 0 aromatic heterocycles. The summed E-state index contributed by atoms with van der Waals surface area (Å²) in [4.78, 5) is 13.2. The lowest BCUT2D eigenvalue weighted by Crippen LogP contribution is -2.24. The van der Waals surface area contributed by atoms with Crippen LogP contribution in [0.2, 0.25) is 0 Å². The Hall–Kier alpha value is -1.84. The number of likely N-dealkylation sites (N-methyl/N-ethyl adjacent to an activating group) is 1. The molecular weight excluding hydrogens is 216 g/mol.